The summed E-state index contributed by atoms with van der Waals surface area (Å²) in [6.07, 6.45) is -83.7. The van der Waals surface area contributed by atoms with E-state index in [1.807, 2.05) is 0 Å². The van der Waals surface area contributed by atoms with E-state index >= 15 is 0 Å². The molecule has 7 rings (SSSR count). The van der Waals surface area contributed by atoms with E-state index in [1.54, 1.807) is 0 Å². The van der Waals surface area contributed by atoms with Crippen molar-refractivity contribution in [1.82, 2.24) is 0 Å². The summed E-state index contributed by atoms with van der Waals surface area (Å²) in [7, 11) is -11.5. The van der Waals surface area contributed by atoms with E-state index in [4.69, 9.17) is 82.1 Å². The van der Waals surface area contributed by atoms with E-state index < -0.39 is 319 Å². The van der Waals surface area contributed by atoms with Gasteiger partial charge in [-0.15, -0.1) is 9.05 Å². The molecule has 7 heterocycles. The molecule has 584 valence electrons. The minimum absolute atomic E-state index is 0.824. The second kappa shape index (κ2) is 34.9. The molecule has 0 aromatic carbocycles. The fourth-order valence-electron chi connectivity index (χ4n) is 11.9. The second-order valence-corrected chi connectivity index (χ2v) is 26.9. The average Bonchev–Trinajstić information content (AvgIpc) is 0.744. The van der Waals surface area contributed by atoms with Crippen molar-refractivity contribution in [2.75, 3.05) is 46.2 Å². The van der Waals surface area contributed by atoms with Gasteiger partial charge in [-0.1, -0.05) is 0 Å². The van der Waals surface area contributed by atoms with Crippen molar-refractivity contribution in [3.05, 3.63) is 0 Å². The van der Waals surface area contributed by atoms with E-state index in [2.05, 4.69) is 0 Å². The van der Waals surface area contributed by atoms with Gasteiger partial charge < -0.3 is 196 Å². The SMILES string of the molecule is N[C@@H]1[C@@H](O)[C@H](O)[C@@H](CO[C@@H]2O[C@H](CO[C@]3(C(=O)O)C[C@@H](O[C@]4(C(=O)O)C[C@@H](O)[C@@H](O)[C@@H]([C@H](O)CO)O4)[C@@H](O[C@H]4O[C@H]([C@@H](O)CO)[C@@H](O[P+](O)(O)O)[C@H](O[C@H]5O[C@H]([C@@H](O)CO[C@H]6O[C@H]([C@@H](O)CO)[C@@H](O)[C@H](O)[C@@H]6O)[C@@H](O[P+](O)(O)O)[C@H](O)[C@@H]5O)[C@@H]4O)[C@@H]([C@H](O)CO)O3)[C@@H](O)[C@H](O)[C@H]2N)O[C@@H]1O. The Kier molecular flexibility index (Phi) is 29.8. The molecule has 38 atom stereocenters. The molecular weight excluding hydrogens is 1430 g/mol. The molecule has 0 amide bonds. The highest BCUT2D eigenvalue weighted by Gasteiger charge is 2.66. The highest BCUT2D eigenvalue weighted by Crippen LogP contribution is 2.52. The Morgan fingerprint density at radius 3 is 1.46 bits per heavy atom. The number of rotatable bonds is 30. The molecule has 51 heteroatoms. The number of ether oxygens (including phenoxy) is 13. The predicted octanol–water partition coefficient (Wildman–Crippen LogP) is -19.2. The summed E-state index contributed by atoms with van der Waals surface area (Å²) in [5, 5.41) is 260. The lowest BCUT2D eigenvalue weighted by atomic mass is 9.89. The van der Waals surface area contributed by atoms with Crippen LogP contribution in [0.25, 0.3) is 0 Å². The molecule has 7 fully saturated rings. The first-order valence-electron chi connectivity index (χ1n) is 30.2. The third-order valence-corrected chi connectivity index (χ3v) is 18.4. The molecule has 0 aromatic rings. The topological polar surface area (TPSA) is 832 Å². The summed E-state index contributed by atoms with van der Waals surface area (Å²) < 4.78 is 83.0. The smallest absolute Gasteiger partial charge is 0.477 e. The average molecular weight is 1520 g/mol. The Balaban J connectivity index is 1.27. The lowest BCUT2D eigenvalue weighted by Gasteiger charge is -2.52. The number of carbonyl (C=O) groups is 2. The Morgan fingerprint density at radius 1 is 0.430 bits per heavy atom. The molecule has 0 aromatic heterocycles. The Hall–Kier alpha value is -2.00. The van der Waals surface area contributed by atoms with Crippen molar-refractivity contribution in [2.45, 2.75) is 245 Å². The van der Waals surface area contributed by atoms with Gasteiger partial charge in [-0.2, -0.15) is 29.4 Å². The van der Waals surface area contributed by atoms with Crippen molar-refractivity contribution in [3.8, 4) is 0 Å². The maximum absolute atomic E-state index is 13.8. The lowest BCUT2D eigenvalue weighted by molar-refractivity contribution is -0.406. The molecule has 7 aliphatic rings. The number of carboxylic acid groups (broad SMARTS) is 2. The Bertz CT molecular complexity index is 2580. The van der Waals surface area contributed by atoms with Crippen LogP contribution in [-0.2, 0) is 80.2 Å². The molecule has 7 aliphatic heterocycles. The van der Waals surface area contributed by atoms with E-state index in [9.17, 15) is 162 Å². The number of nitrogens with two attached hydrogens (primary N) is 2. The van der Waals surface area contributed by atoms with Gasteiger partial charge in [0.2, 0.25) is 0 Å². The fraction of sp³-hybridized carbons (Fsp3) is 0.959. The number of aliphatic carboxylic acids is 2. The number of carboxylic acids is 2. The number of hydrogen-bond acceptors (Lipinski definition) is 47. The van der Waals surface area contributed by atoms with E-state index in [0.717, 1.165) is 0 Å². The van der Waals surface area contributed by atoms with Gasteiger partial charge in [-0.25, -0.2) is 9.59 Å². The van der Waals surface area contributed by atoms with Gasteiger partial charge in [0.15, 0.2) is 43.7 Å². The molecule has 0 unspecified atom stereocenters. The highest BCUT2D eigenvalue weighted by atomic mass is 31.2. The van der Waals surface area contributed by atoms with E-state index in [1.165, 1.54) is 0 Å². The van der Waals surface area contributed by atoms with Crippen LogP contribution in [0.3, 0.4) is 0 Å². The van der Waals surface area contributed by atoms with Crippen LogP contribution in [0.4, 0.5) is 0 Å². The Morgan fingerprint density at radius 2 is 0.900 bits per heavy atom. The third-order valence-electron chi connectivity index (χ3n) is 17.4. The molecular formula is C49H88N2O47P2+2. The van der Waals surface area contributed by atoms with Crippen molar-refractivity contribution in [3.63, 3.8) is 0 Å². The summed E-state index contributed by atoms with van der Waals surface area (Å²) in [4.78, 5) is 88.3. The Labute approximate surface area is 562 Å². The van der Waals surface area contributed by atoms with Gasteiger partial charge in [0, 0.05) is 12.8 Å². The largest absolute Gasteiger partial charge is 0.567 e. The van der Waals surface area contributed by atoms with Crippen molar-refractivity contribution in [2.24, 2.45) is 11.5 Å². The summed E-state index contributed by atoms with van der Waals surface area (Å²) in [6, 6.07) is -3.24. The molecule has 49 nitrogen and oxygen atoms in total. The van der Waals surface area contributed by atoms with Gasteiger partial charge in [0.1, 0.15) is 153 Å². The van der Waals surface area contributed by atoms with Crippen molar-refractivity contribution < 1.29 is 232 Å². The maximum Gasteiger partial charge on any atom is 0.567 e. The second-order valence-electron chi connectivity index (χ2n) is 24.4. The summed E-state index contributed by atoms with van der Waals surface area (Å²) >= 11 is 0. The molecule has 0 aliphatic carbocycles. The van der Waals surface area contributed by atoms with E-state index in [0.29, 0.717) is 0 Å². The normalized spacial score (nSPS) is 46.3. The van der Waals surface area contributed by atoms with Crippen LogP contribution in [-0.4, -0.2) is 442 Å². The monoisotopic (exact) mass is 1520 g/mol. The quantitative estimate of drug-likeness (QED) is 0.0297. The van der Waals surface area contributed by atoms with Crippen molar-refractivity contribution in [1.29, 1.82) is 0 Å². The molecule has 0 spiro atoms. The van der Waals surface area contributed by atoms with Gasteiger partial charge in [0.25, 0.3) is 11.6 Å². The first-order chi connectivity index (χ1) is 46.5. The summed E-state index contributed by atoms with van der Waals surface area (Å²) in [5.74, 6) is -11.8. The molecule has 34 N–H and O–H groups in total. The minimum atomic E-state index is -5.86. The van der Waals surface area contributed by atoms with Crippen LogP contribution in [0, 0.1) is 0 Å². The first-order valence-corrected chi connectivity index (χ1v) is 33.3. The predicted molar refractivity (Wildman–Crippen MR) is 301 cm³/mol. The summed E-state index contributed by atoms with van der Waals surface area (Å²) in [5.41, 5.74) is 11.7. The third kappa shape index (κ3) is 19.1. The van der Waals surface area contributed by atoms with Crippen LogP contribution in [0.2, 0.25) is 0 Å². The minimum Gasteiger partial charge on any atom is -0.477 e. The van der Waals surface area contributed by atoms with Crippen LogP contribution in [0.15, 0.2) is 0 Å². The van der Waals surface area contributed by atoms with Gasteiger partial charge in [-0.3, -0.25) is 0 Å². The van der Waals surface area contributed by atoms with Gasteiger partial charge >= 0.3 is 28.3 Å². The standard InChI is InChI=1S/C49H86N2O47P2/c50-19-24(65)22(63)17(87-41(19)73)8-85-42-20(51)25(66)23(64)18(88-42)9-86-48(46(74)75)2-16(94-49(47(76)77)1-10(56)21(62)33(95-49)12(58)4-53)37(36(96-48)14(60)6-55)92-45-31(72)38(40(98-100(81,82)83)34(90-45)13(59)5-54)93-44-30(71)28(69)39(97-99(78,79)80)35(91-44)15(61)7-84-43-29(70)26(67)27(68)32(89-43)11(57)3-52/h10-45,52-73,78-83H,1-9,50-51H2/p+2/t10-,11+,12-,13+,14-,15+,16-,17-,18-,19-,20-,21-,22-,23-,24-,25-,26+,27+,28-,29+,30+,31+,32-,33-,34-,35-,36-,37-,38-,39+,40-,41+,42-,43+,44-,45-,48-,49-/m1/s1. The van der Waals surface area contributed by atoms with Crippen molar-refractivity contribution >= 4 is 28.3 Å². The number of aliphatic hydroxyl groups excluding tert-OH is 22. The van der Waals surface area contributed by atoms with E-state index in [-0.39, 0.29) is 0 Å². The highest BCUT2D eigenvalue weighted by molar-refractivity contribution is 7.53. The van der Waals surface area contributed by atoms with Crippen LogP contribution >= 0.6 is 16.3 Å². The maximum atomic E-state index is 13.8. The van der Waals surface area contributed by atoms with Crippen LogP contribution in [0.5, 0.6) is 0 Å². The molecule has 0 saturated carbocycles. The van der Waals surface area contributed by atoms with Gasteiger partial charge in [0.05, 0.1) is 70.5 Å². The zero-order chi connectivity index (χ0) is 74.9. The first kappa shape index (κ1) is 85.3. The van der Waals surface area contributed by atoms with Gasteiger partial charge in [-0.05, 0) is 0 Å². The van der Waals surface area contributed by atoms with Crippen LogP contribution < -0.4 is 11.5 Å². The number of aliphatic hydroxyl groups is 22. The number of hydrogen-bond donors (Lipinski definition) is 32. The summed E-state index contributed by atoms with van der Waals surface area (Å²) in [6.45, 7) is -9.08. The molecule has 0 bridgehead atoms. The molecule has 7 saturated heterocycles. The zero-order valence-electron chi connectivity index (χ0n) is 51.6. The molecule has 0 radical (unpaired) electrons. The zero-order valence-corrected chi connectivity index (χ0v) is 53.3. The lowest BCUT2D eigenvalue weighted by Crippen LogP contribution is -2.70. The van der Waals surface area contributed by atoms with Crippen LogP contribution in [0.1, 0.15) is 12.8 Å². The molecule has 100 heavy (non-hydrogen) atoms. The fourth-order valence-corrected chi connectivity index (χ4v) is 13.1.